The van der Waals surface area contributed by atoms with E-state index in [0.29, 0.717) is 13.1 Å². The zero-order valence-electron chi connectivity index (χ0n) is 13.4. The molecule has 1 aliphatic rings. The summed E-state index contributed by atoms with van der Waals surface area (Å²) in [7, 11) is 1.78. The molecule has 2 heterocycles. The third-order valence-corrected chi connectivity index (χ3v) is 4.20. The minimum Gasteiger partial charge on any atom is -0.467 e. The van der Waals surface area contributed by atoms with Gasteiger partial charge in [-0.2, -0.15) is 0 Å². The third kappa shape index (κ3) is 4.49. The van der Waals surface area contributed by atoms with Crippen LogP contribution in [0.1, 0.15) is 38.9 Å². The van der Waals surface area contributed by atoms with Gasteiger partial charge >= 0.3 is 6.03 Å². The van der Waals surface area contributed by atoms with E-state index in [1.807, 2.05) is 12.1 Å². The van der Waals surface area contributed by atoms with Crippen LogP contribution >= 0.6 is 0 Å². The Morgan fingerprint density at radius 3 is 2.71 bits per heavy atom. The molecule has 5 heteroatoms. The van der Waals surface area contributed by atoms with Gasteiger partial charge in [0, 0.05) is 19.1 Å². The van der Waals surface area contributed by atoms with Gasteiger partial charge in [-0.1, -0.05) is 6.42 Å². The molecule has 2 amide bonds. The number of carbonyl (C=O) groups is 1. The molecule has 118 valence electrons. The number of rotatable bonds is 5. The Labute approximate surface area is 127 Å². The topological polar surface area (TPSA) is 48.7 Å². The molecule has 0 radical (unpaired) electrons. The Hall–Kier alpha value is -1.49. The molecule has 1 fully saturated rings. The van der Waals surface area contributed by atoms with Crippen LogP contribution in [0.15, 0.2) is 22.8 Å². The molecule has 1 aliphatic heterocycles. The van der Waals surface area contributed by atoms with Crippen molar-refractivity contribution in [3.8, 4) is 0 Å². The van der Waals surface area contributed by atoms with Crippen molar-refractivity contribution in [2.24, 2.45) is 0 Å². The smallest absolute Gasteiger partial charge is 0.317 e. The van der Waals surface area contributed by atoms with Gasteiger partial charge in [0.05, 0.1) is 12.8 Å². The van der Waals surface area contributed by atoms with Crippen LogP contribution in [0, 0.1) is 0 Å². The molecule has 0 aromatic carbocycles. The van der Waals surface area contributed by atoms with E-state index in [1.165, 1.54) is 19.3 Å². The molecule has 0 aliphatic carbocycles. The molecule has 1 aromatic rings. The Kier molecular flexibility index (Phi) is 5.28. The molecule has 0 saturated carbocycles. The van der Waals surface area contributed by atoms with E-state index < -0.39 is 0 Å². The van der Waals surface area contributed by atoms with Crippen LogP contribution in [0.2, 0.25) is 0 Å². The summed E-state index contributed by atoms with van der Waals surface area (Å²) in [6, 6.07) is 3.65. The molecule has 0 bridgehead atoms. The van der Waals surface area contributed by atoms with Gasteiger partial charge in [0.2, 0.25) is 0 Å². The number of amides is 2. The van der Waals surface area contributed by atoms with Crippen LogP contribution in [-0.2, 0) is 6.54 Å². The van der Waals surface area contributed by atoms with Crippen LogP contribution in [0.5, 0.6) is 0 Å². The van der Waals surface area contributed by atoms with Crippen molar-refractivity contribution < 1.29 is 9.21 Å². The van der Waals surface area contributed by atoms with Gasteiger partial charge < -0.3 is 14.6 Å². The summed E-state index contributed by atoms with van der Waals surface area (Å²) in [6.07, 6.45) is 5.47. The molecule has 21 heavy (non-hydrogen) atoms. The lowest BCUT2D eigenvalue weighted by Gasteiger charge is -2.41. The summed E-state index contributed by atoms with van der Waals surface area (Å²) in [6.45, 7) is 7.81. The number of urea groups is 1. The van der Waals surface area contributed by atoms with E-state index in [2.05, 4.69) is 24.1 Å². The maximum atomic E-state index is 12.2. The lowest BCUT2D eigenvalue weighted by atomic mass is 9.98. The van der Waals surface area contributed by atoms with Crippen molar-refractivity contribution in [1.29, 1.82) is 0 Å². The van der Waals surface area contributed by atoms with Crippen molar-refractivity contribution in [3.05, 3.63) is 24.2 Å². The molecule has 0 atom stereocenters. The molecule has 1 saturated heterocycles. The summed E-state index contributed by atoms with van der Waals surface area (Å²) >= 11 is 0. The quantitative estimate of drug-likeness (QED) is 0.908. The van der Waals surface area contributed by atoms with Gasteiger partial charge in [0.25, 0.3) is 0 Å². The number of nitrogens with zero attached hydrogens (tertiary/aromatic N) is 2. The van der Waals surface area contributed by atoms with Gasteiger partial charge in [-0.3, -0.25) is 4.90 Å². The van der Waals surface area contributed by atoms with Crippen LogP contribution < -0.4 is 5.32 Å². The number of furan rings is 1. The fourth-order valence-electron chi connectivity index (χ4n) is 2.75. The lowest BCUT2D eigenvalue weighted by Crippen LogP contribution is -2.54. The average Bonchev–Trinajstić information content (AvgIpc) is 2.98. The monoisotopic (exact) mass is 293 g/mol. The van der Waals surface area contributed by atoms with Crippen molar-refractivity contribution in [2.75, 3.05) is 26.7 Å². The highest BCUT2D eigenvalue weighted by Crippen LogP contribution is 2.19. The molecule has 2 rings (SSSR count). The van der Waals surface area contributed by atoms with E-state index in [1.54, 1.807) is 18.2 Å². The first kappa shape index (κ1) is 15.9. The van der Waals surface area contributed by atoms with Gasteiger partial charge in [-0.05, 0) is 51.9 Å². The van der Waals surface area contributed by atoms with Crippen LogP contribution in [0.4, 0.5) is 4.79 Å². The van der Waals surface area contributed by atoms with Crippen LogP contribution in [0.3, 0.4) is 0 Å². The molecule has 5 nitrogen and oxygen atoms in total. The molecule has 1 aromatic heterocycles. The van der Waals surface area contributed by atoms with Gasteiger partial charge in [-0.25, -0.2) is 4.79 Å². The van der Waals surface area contributed by atoms with Crippen LogP contribution in [-0.4, -0.2) is 48.1 Å². The van der Waals surface area contributed by atoms with Crippen LogP contribution in [0.25, 0.3) is 0 Å². The summed E-state index contributed by atoms with van der Waals surface area (Å²) in [5, 5.41) is 3.04. The molecule has 0 spiro atoms. The summed E-state index contributed by atoms with van der Waals surface area (Å²) in [4.78, 5) is 16.3. The van der Waals surface area contributed by atoms with Gasteiger partial charge in [0.1, 0.15) is 5.76 Å². The van der Waals surface area contributed by atoms with E-state index in [4.69, 9.17) is 4.42 Å². The zero-order valence-corrected chi connectivity index (χ0v) is 13.4. The van der Waals surface area contributed by atoms with Crippen molar-refractivity contribution >= 4 is 6.03 Å². The number of nitrogens with one attached hydrogen (secondary N) is 1. The maximum Gasteiger partial charge on any atom is 0.317 e. The Morgan fingerprint density at radius 2 is 2.10 bits per heavy atom. The molecular formula is C16H27N3O2. The summed E-state index contributed by atoms with van der Waals surface area (Å²) < 4.78 is 5.27. The molecule has 0 unspecified atom stereocenters. The van der Waals surface area contributed by atoms with Crippen molar-refractivity contribution in [1.82, 2.24) is 15.1 Å². The summed E-state index contributed by atoms with van der Waals surface area (Å²) in [5.74, 6) is 0.794. The fraction of sp³-hybridized carbons (Fsp3) is 0.688. The number of hydrogen-bond acceptors (Lipinski definition) is 3. The largest absolute Gasteiger partial charge is 0.467 e. The second-order valence-electron chi connectivity index (χ2n) is 6.45. The number of piperidine rings is 1. The predicted octanol–water partition coefficient (Wildman–Crippen LogP) is 2.69. The highest BCUT2D eigenvalue weighted by molar-refractivity contribution is 5.73. The predicted molar refractivity (Wildman–Crippen MR) is 83.1 cm³/mol. The van der Waals surface area contributed by atoms with E-state index in [-0.39, 0.29) is 11.6 Å². The van der Waals surface area contributed by atoms with Gasteiger partial charge in [0.15, 0.2) is 0 Å². The zero-order chi connectivity index (χ0) is 15.3. The lowest BCUT2D eigenvalue weighted by molar-refractivity contribution is 0.0941. The normalized spacial score (nSPS) is 16.7. The van der Waals surface area contributed by atoms with Crippen molar-refractivity contribution in [3.63, 3.8) is 0 Å². The minimum atomic E-state index is -0.0588. The number of hydrogen-bond donors (Lipinski definition) is 1. The Bertz CT molecular complexity index is 436. The highest BCUT2D eigenvalue weighted by atomic mass is 16.3. The SMILES string of the molecule is CN(Cc1ccco1)C(=O)NCC(C)(C)N1CCCCC1. The highest BCUT2D eigenvalue weighted by Gasteiger charge is 2.28. The first-order chi connectivity index (χ1) is 9.99. The fourth-order valence-corrected chi connectivity index (χ4v) is 2.75. The second kappa shape index (κ2) is 6.98. The molecule has 1 N–H and O–H groups in total. The van der Waals surface area contributed by atoms with Gasteiger partial charge in [-0.15, -0.1) is 0 Å². The van der Waals surface area contributed by atoms with E-state index in [9.17, 15) is 4.79 Å². The first-order valence-electron chi connectivity index (χ1n) is 7.75. The maximum absolute atomic E-state index is 12.2. The third-order valence-electron chi connectivity index (χ3n) is 4.20. The average molecular weight is 293 g/mol. The Morgan fingerprint density at radius 1 is 1.38 bits per heavy atom. The van der Waals surface area contributed by atoms with E-state index in [0.717, 1.165) is 18.8 Å². The number of carbonyl (C=O) groups excluding carboxylic acids is 1. The van der Waals surface area contributed by atoms with E-state index >= 15 is 0 Å². The second-order valence-corrected chi connectivity index (χ2v) is 6.45. The minimum absolute atomic E-state index is 0.00159. The molecular weight excluding hydrogens is 266 g/mol. The summed E-state index contributed by atoms with van der Waals surface area (Å²) in [5.41, 5.74) is 0.00159. The first-order valence-corrected chi connectivity index (χ1v) is 7.75. The number of likely N-dealkylation sites (tertiary alicyclic amines) is 1. The van der Waals surface area contributed by atoms with Crippen molar-refractivity contribution in [2.45, 2.75) is 45.2 Å². The standard InChI is InChI=1S/C16H27N3O2/c1-16(2,19-9-5-4-6-10-19)13-17-15(20)18(3)12-14-8-7-11-21-14/h7-8,11H,4-6,9-10,12-13H2,1-3H3,(H,17,20). The Balaban J connectivity index is 1.79.